The van der Waals surface area contributed by atoms with E-state index in [2.05, 4.69) is 15.5 Å². The second-order valence-corrected chi connectivity index (χ2v) is 6.81. The summed E-state index contributed by atoms with van der Waals surface area (Å²) in [6.45, 7) is 0.392. The largest absolute Gasteiger partial charge is 0.347 e. The molecule has 1 amide bonds. The van der Waals surface area contributed by atoms with E-state index in [4.69, 9.17) is 11.6 Å². The molecule has 0 aliphatic rings. The maximum Gasteiger partial charge on any atom is 0.270 e. The average Bonchev–Trinajstić information content (AvgIpc) is 3.34. The topological polar surface area (TPSA) is 64.7 Å². The predicted molar refractivity (Wildman–Crippen MR) is 108 cm³/mol. The number of amides is 1. The van der Waals surface area contributed by atoms with Gasteiger partial charge in [0, 0.05) is 35.9 Å². The van der Waals surface area contributed by atoms with Gasteiger partial charge in [-0.25, -0.2) is 4.68 Å². The van der Waals surface area contributed by atoms with Crippen LogP contribution in [0.15, 0.2) is 73.1 Å². The molecule has 7 heteroatoms. The summed E-state index contributed by atoms with van der Waals surface area (Å²) in [5.74, 6) is -0.208. The first kappa shape index (κ1) is 18.0. The van der Waals surface area contributed by atoms with Crippen molar-refractivity contribution in [3.63, 3.8) is 0 Å². The summed E-state index contributed by atoms with van der Waals surface area (Å²) in [4.78, 5) is 12.9. The maximum atomic E-state index is 12.9. The molecule has 28 heavy (non-hydrogen) atoms. The Kier molecular flexibility index (Phi) is 4.95. The molecule has 0 aliphatic heterocycles. The van der Waals surface area contributed by atoms with Crippen molar-refractivity contribution in [2.75, 3.05) is 0 Å². The molecule has 4 aromatic rings. The van der Waals surface area contributed by atoms with Gasteiger partial charge in [0.15, 0.2) is 0 Å². The smallest absolute Gasteiger partial charge is 0.270 e. The first-order valence-corrected chi connectivity index (χ1v) is 9.15. The molecule has 0 atom stereocenters. The van der Waals surface area contributed by atoms with Crippen LogP contribution in [0.2, 0.25) is 5.02 Å². The monoisotopic (exact) mass is 391 g/mol. The van der Waals surface area contributed by atoms with Crippen molar-refractivity contribution in [1.82, 2.24) is 24.9 Å². The zero-order chi connectivity index (χ0) is 19.5. The van der Waals surface area contributed by atoms with E-state index in [1.807, 2.05) is 55.7 Å². The number of halogens is 1. The summed E-state index contributed by atoms with van der Waals surface area (Å²) in [5.41, 5.74) is 3.79. The summed E-state index contributed by atoms with van der Waals surface area (Å²) >= 11 is 5.99. The quantitative estimate of drug-likeness (QED) is 0.562. The fourth-order valence-electron chi connectivity index (χ4n) is 2.91. The van der Waals surface area contributed by atoms with Crippen molar-refractivity contribution < 1.29 is 4.79 Å². The Morgan fingerprint density at radius 2 is 1.86 bits per heavy atom. The number of nitrogens with zero attached hydrogens (tertiary/aromatic N) is 4. The fourth-order valence-corrected chi connectivity index (χ4v) is 3.03. The number of benzene rings is 2. The van der Waals surface area contributed by atoms with Gasteiger partial charge in [0.25, 0.3) is 5.91 Å². The molecular formula is C21H18ClN5O. The van der Waals surface area contributed by atoms with Gasteiger partial charge in [-0.15, -0.1) is 0 Å². The van der Waals surface area contributed by atoms with Crippen LogP contribution in [0, 0.1) is 0 Å². The van der Waals surface area contributed by atoms with Gasteiger partial charge in [-0.2, -0.15) is 10.2 Å². The lowest BCUT2D eigenvalue weighted by molar-refractivity contribution is 0.0943. The third-order valence-electron chi connectivity index (χ3n) is 4.29. The highest BCUT2D eigenvalue weighted by Crippen LogP contribution is 2.23. The van der Waals surface area contributed by atoms with Gasteiger partial charge >= 0.3 is 0 Å². The zero-order valence-corrected chi connectivity index (χ0v) is 16.0. The Morgan fingerprint density at radius 1 is 1.11 bits per heavy atom. The molecule has 0 unspecified atom stereocenters. The molecule has 2 heterocycles. The van der Waals surface area contributed by atoms with Crippen molar-refractivity contribution in [1.29, 1.82) is 0 Å². The zero-order valence-electron chi connectivity index (χ0n) is 15.2. The van der Waals surface area contributed by atoms with Gasteiger partial charge < -0.3 is 5.32 Å². The van der Waals surface area contributed by atoms with Crippen molar-refractivity contribution in [2.45, 2.75) is 6.54 Å². The third kappa shape index (κ3) is 3.82. The first-order valence-electron chi connectivity index (χ1n) is 8.77. The van der Waals surface area contributed by atoms with Gasteiger partial charge in [-0.3, -0.25) is 9.48 Å². The number of nitrogens with one attached hydrogen (secondary N) is 1. The number of aromatic nitrogens is 4. The highest BCUT2D eigenvalue weighted by molar-refractivity contribution is 6.30. The van der Waals surface area contributed by atoms with Crippen LogP contribution >= 0.6 is 11.6 Å². The number of hydrogen-bond acceptors (Lipinski definition) is 3. The molecule has 140 valence electrons. The lowest BCUT2D eigenvalue weighted by Crippen LogP contribution is -2.25. The van der Waals surface area contributed by atoms with E-state index < -0.39 is 0 Å². The van der Waals surface area contributed by atoms with E-state index in [-0.39, 0.29) is 5.91 Å². The molecule has 6 nitrogen and oxygen atoms in total. The van der Waals surface area contributed by atoms with Crippen molar-refractivity contribution in [2.24, 2.45) is 7.05 Å². The number of carbonyl (C=O) groups excluding carboxylic acids is 1. The SMILES string of the molecule is Cn1cc(CNC(=O)c2cc(-c3ccc(Cl)cc3)nn2-c2ccccc2)cn1. The number of aryl methyl sites for hydroxylation is 1. The Bertz CT molecular complexity index is 1100. The molecular weight excluding hydrogens is 374 g/mol. The molecule has 0 bridgehead atoms. The minimum atomic E-state index is -0.208. The van der Waals surface area contributed by atoms with Crippen molar-refractivity contribution >= 4 is 17.5 Å². The molecule has 0 spiro atoms. The highest BCUT2D eigenvalue weighted by Gasteiger charge is 2.17. The Morgan fingerprint density at radius 3 is 2.54 bits per heavy atom. The van der Waals surface area contributed by atoms with E-state index in [0.29, 0.717) is 23.0 Å². The average molecular weight is 392 g/mol. The minimum Gasteiger partial charge on any atom is -0.347 e. The van der Waals surface area contributed by atoms with E-state index in [9.17, 15) is 4.79 Å². The second kappa shape index (κ2) is 7.70. The van der Waals surface area contributed by atoms with E-state index in [1.165, 1.54) is 0 Å². The molecule has 1 N–H and O–H groups in total. The number of para-hydroxylation sites is 1. The summed E-state index contributed by atoms with van der Waals surface area (Å²) < 4.78 is 3.36. The maximum absolute atomic E-state index is 12.9. The minimum absolute atomic E-state index is 0.208. The molecule has 4 rings (SSSR count). The van der Waals surface area contributed by atoms with Crippen molar-refractivity contribution in [3.05, 3.63) is 89.3 Å². The van der Waals surface area contributed by atoms with Gasteiger partial charge in [-0.1, -0.05) is 41.9 Å². The Balaban J connectivity index is 1.67. The van der Waals surface area contributed by atoms with Gasteiger partial charge in [0.05, 0.1) is 17.6 Å². The van der Waals surface area contributed by atoms with Crippen LogP contribution in [0.1, 0.15) is 16.1 Å². The van der Waals surface area contributed by atoms with Crippen LogP contribution in [0.25, 0.3) is 16.9 Å². The van der Waals surface area contributed by atoms with E-state index >= 15 is 0 Å². The van der Waals surface area contributed by atoms with E-state index in [1.54, 1.807) is 33.8 Å². The van der Waals surface area contributed by atoms with Crippen LogP contribution in [0.4, 0.5) is 0 Å². The normalized spacial score (nSPS) is 10.8. The lowest BCUT2D eigenvalue weighted by Gasteiger charge is -2.07. The molecule has 0 saturated carbocycles. The Hall–Kier alpha value is -3.38. The van der Waals surface area contributed by atoms with Crippen LogP contribution < -0.4 is 5.32 Å². The first-order chi connectivity index (χ1) is 13.6. The number of carbonyl (C=O) groups is 1. The predicted octanol–water partition coefficient (Wildman–Crippen LogP) is 3.86. The number of rotatable bonds is 5. The van der Waals surface area contributed by atoms with Crippen LogP contribution in [0.5, 0.6) is 0 Å². The number of hydrogen-bond donors (Lipinski definition) is 1. The molecule has 0 radical (unpaired) electrons. The van der Waals surface area contributed by atoms with Crippen molar-refractivity contribution in [3.8, 4) is 16.9 Å². The molecule has 0 fully saturated rings. The lowest BCUT2D eigenvalue weighted by atomic mass is 10.1. The van der Waals surface area contributed by atoms with Gasteiger partial charge in [0.1, 0.15) is 5.69 Å². The summed E-state index contributed by atoms with van der Waals surface area (Å²) in [6, 6.07) is 18.7. The second-order valence-electron chi connectivity index (χ2n) is 6.37. The molecule has 2 aromatic heterocycles. The molecule has 0 saturated heterocycles. The standard InChI is InChI=1S/C21H18ClN5O/c1-26-14-15(13-24-26)12-23-21(28)20-11-19(16-7-9-17(22)10-8-16)25-27(20)18-5-3-2-4-6-18/h2-11,13-14H,12H2,1H3,(H,23,28). The van der Waals surface area contributed by atoms with Crippen LogP contribution in [0.3, 0.4) is 0 Å². The Labute approximate surface area is 167 Å². The van der Waals surface area contributed by atoms with Gasteiger partial charge in [-0.05, 0) is 30.3 Å². The summed E-state index contributed by atoms with van der Waals surface area (Å²) in [5, 5.41) is 12.4. The van der Waals surface area contributed by atoms with E-state index in [0.717, 1.165) is 16.8 Å². The molecule has 0 aliphatic carbocycles. The summed E-state index contributed by atoms with van der Waals surface area (Å²) in [6.07, 6.45) is 3.60. The fraction of sp³-hybridized carbons (Fsp3) is 0.0952. The highest BCUT2D eigenvalue weighted by atomic mass is 35.5. The molecule has 2 aromatic carbocycles. The summed E-state index contributed by atoms with van der Waals surface area (Å²) in [7, 11) is 1.84. The van der Waals surface area contributed by atoms with Crippen LogP contribution in [-0.4, -0.2) is 25.5 Å². The van der Waals surface area contributed by atoms with Crippen LogP contribution in [-0.2, 0) is 13.6 Å². The van der Waals surface area contributed by atoms with Gasteiger partial charge in [0.2, 0.25) is 0 Å². The third-order valence-corrected chi connectivity index (χ3v) is 4.55.